The van der Waals surface area contributed by atoms with E-state index in [1.807, 2.05) is 0 Å². The monoisotopic (exact) mass is 292 g/mol. The van der Waals surface area contributed by atoms with Crippen LogP contribution in [0.5, 0.6) is 5.88 Å². The molecule has 110 valence electrons. The van der Waals surface area contributed by atoms with Crippen molar-refractivity contribution in [2.24, 2.45) is 0 Å². The summed E-state index contributed by atoms with van der Waals surface area (Å²) in [5.74, 6) is -1.00. The molecule has 1 fully saturated rings. The molecule has 0 amide bonds. The lowest BCUT2D eigenvalue weighted by Crippen LogP contribution is -2.33. The molecule has 0 spiro atoms. The molecule has 1 saturated heterocycles. The van der Waals surface area contributed by atoms with E-state index in [2.05, 4.69) is 4.98 Å². The van der Waals surface area contributed by atoms with Gasteiger partial charge in [0, 0.05) is 6.61 Å². The minimum atomic E-state index is -0.752. The lowest BCUT2D eigenvalue weighted by molar-refractivity contribution is 0.183. The molecule has 2 heterocycles. The smallest absolute Gasteiger partial charge is 0.331 e. The first-order valence-electron chi connectivity index (χ1n) is 6.49. The number of halogens is 1. The van der Waals surface area contributed by atoms with Crippen molar-refractivity contribution in [2.45, 2.75) is 12.5 Å². The van der Waals surface area contributed by atoms with Gasteiger partial charge in [0.1, 0.15) is 11.4 Å². The number of rotatable bonds is 2. The molecule has 0 saturated carbocycles. The SMILES string of the molecule is O=c1[nH]c(=O)n(C2CCOC2)c(O)c1-c1cccc(F)c1. The summed E-state index contributed by atoms with van der Waals surface area (Å²) in [5, 5.41) is 10.3. The molecule has 1 atom stereocenters. The second-order valence-electron chi connectivity index (χ2n) is 4.86. The van der Waals surface area contributed by atoms with Gasteiger partial charge in [0.05, 0.1) is 12.6 Å². The molecule has 0 radical (unpaired) electrons. The van der Waals surface area contributed by atoms with Gasteiger partial charge in [-0.05, 0) is 24.1 Å². The second kappa shape index (κ2) is 5.17. The zero-order valence-corrected chi connectivity index (χ0v) is 11.0. The van der Waals surface area contributed by atoms with Gasteiger partial charge in [-0.3, -0.25) is 14.3 Å². The summed E-state index contributed by atoms with van der Waals surface area (Å²) >= 11 is 0. The van der Waals surface area contributed by atoms with Crippen LogP contribution in [0.2, 0.25) is 0 Å². The van der Waals surface area contributed by atoms with Crippen molar-refractivity contribution in [1.82, 2.24) is 9.55 Å². The Morgan fingerprint density at radius 3 is 2.86 bits per heavy atom. The van der Waals surface area contributed by atoms with Crippen molar-refractivity contribution in [3.63, 3.8) is 0 Å². The van der Waals surface area contributed by atoms with Crippen LogP contribution in [0.4, 0.5) is 4.39 Å². The molecule has 7 heteroatoms. The number of ether oxygens (including phenoxy) is 1. The first kappa shape index (κ1) is 13.6. The van der Waals surface area contributed by atoms with Crippen LogP contribution in [0, 0.1) is 5.82 Å². The van der Waals surface area contributed by atoms with E-state index in [0.29, 0.717) is 13.0 Å². The fraction of sp³-hybridized carbons (Fsp3) is 0.286. The third kappa shape index (κ3) is 2.36. The molecule has 0 bridgehead atoms. The van der Waals surface area contributed by atoms with E-state index < -0.39 is 22.9 Å². The first-order valence-corrected chi connectivity index (χ1v) is 6.49. The lowest BCUT2D eigenvalue weighted by Gasteiger charge is -2.15. The first-order chi connectivity index (χ1) is 10.1. The number of nitrogens with zero attached hydrogens (tertiary/aromatic N) is 1. The predicted molar refractivity (Wildman–Crippen MR) is 72.9 cm³/mol. The van der Waals surface area contributed by atoms with Gasteiger partial charge in [0.15, 0.2) is 0 Å². The molecular formula is C14H13FN2O4. The molecule has 0 aliphatic carbocycles. The van der Waals surface area contributed by atoms with Crippen molar-refractivity contribution in [2.75, 3.05) is 13.2 Å². The van der Waals surface area contributed by atoms with E-state index in [-0.39, 0.29) is 23.8 Å². The number of aromatic hydroxyl groups is 1. The minimum Gasteiger partial charge on any atom is -0.494 e. The van der Waals surface area contributed by atoms with Gasteiger partial charge >= 0.3 is 5.69 Å². The molecule has 6 nitrogen and oxygen atoms in total. The number of aromatic nitrogens is 2. The van der Waals surface area contributed by atoms with Crippen LogP contribution in [-0.2, 0) is 4.74 Å². The topological polar surface area (TPSA) is 84.3 Å². The summed E-state index contributed by atoms with van der Waals surface area (Å²) in [6, 6.07) is 4.94. The molecule has 1 aromatic heterocycles. The highest BCUT2D eigenvalue weighted by Gasteiger charge is 2.25. The van der Waals surface area contributed by atoms with Gasteiger partial charge in [-0.15, -0.1) is 0 Å². The van der Waals surface area contributed by atoms with Crippen LogP contribution in [-0.4, -0.2) is 27.9 Å². The zero-order chi connectivity index (χ0) is 15.0. The van der Waals surface area contributed by atoms with Crippen LogP contribution < -0.4 is 11.2 Å². The van der Waals surface area contributed by atoms with Crippen molar-refractivity contribution < 1.29 is 14.2 Å². The normalized spacial score (nSPS) is 18.0. The summed E-state index contributed by atoms with van der Waals surface area (Å²) in [6.07, 6.45) is 0.558. The highest BCUT2D eigenvalue weighted by Crippen LogP contribution is 2.28. The van der Waals surface area contributed by atoms with Gasteiger partial charge in [0.25, 0.3) is 5.56 Å². The Bertz CT molecular complexity index is 790. The summed E-state index contributed by atoms with van der Waals surface area (Å²) < 4.78 is 19.6. The van der Waals surface area contributed by atoms with Crippen LogP contribution in [0.1, 0.15) is 12.5 Å². The third-order valence-corrected chi connectivity index (χ3v) is 3.50. The fourth-order valence-electron chi connectivity index (χ4n) is 2.51. The van der Waals surface area contributed by atoms with Crippen LogP contribution in [0.25, 0.3) is 11.1 Å². The van der Waals surface area contributed by atoms with Gasteiger partial charge < -0.3 is 9.84 Å². The van der Waals surface area contributed by atoms with Crippen molar-refractivity contribution in [3.8, 4) is 17.0 Å². The average Bonchev–Trinajstić information content (AvgIpc) is 2.92. The predicted octanol–water partition coefficient (Wildman–Crippen LogP) is 1.01. The van der Waals surface area contributed by atoms with Gasteiger partial charge in [-0.2, -0.15) is 0 Å². The maximum Gasteiger partial charge on any atom is 0.331 e. The quantitative estimate of drug-likeness (QED) is 0.865. The van der Waals surface area contributed by atoms with Crippen LogP contribution in [0.3, 0.4) is 0 Å². The molecule has 21 heavy (non-hydrogen) atoms. The van der Waals surface area contributed by atoms with E-state index in [4.69, 9.17) is 4.74 Å². The largest absolute Gasteiger partial charge is 0.494 e. The Hall–Kier alpha value is -2.41. The van der Waals surface area contributed by atoms with Crippen LogP contribution >= 0.6 is 0 Å². The fourth-order valence-corrected chi connectivity index (χ4v) is 2.51. The number of nitrogens with one attached hydrogen (secondary N) is 1. The summed E-state index contributed by atoms with van der Waals surface area (Å²) in [6.45, 7) is 0.757. The van der Waals surface area contributed by atoms with Crippen LogP contribution in [0.15, 0.2) is 33.9 Å². The Morgan fingerprint density at radius 2 is 2.19 bits per heavy atom. The number of benzene rings is 1. The number of hydrogen-bond donors (Lipinski definition) is 2. The Morgan fingerprint density at radius 1 is 1.38 bits per heavy atom. The van der Waals surface area contributed by atoms with Crippen molar-refractivity contribution in [3.05, 3.63) is 50.9 Å². The number of H-pyrrole nitrogens is 1. The highest BCUT2D eigenvalue weighted by molar-refractivity contribution is 5.67. The molecule has 1 aliphatic rings. The summed E-state index contributed by atoms with van der Waals surface area (Å²) in [4.78, 5) is 26.0. The third-order valence-electron chi connectivity index (χ3n) is 3.50. The van der Waals surface area contributed by atoms with Crippen molar-refractivity contribution >= 4 is 0 Å². The van der Waals surface area contributed by atoms with E-state index >= 15 is 0 Å². The zero-order valence-electron chi connectivity index (χ0n) is 11.0. The Balaban J connectivity index is 2.23. The van der Waals surface area contributed by atoms with Gasteiger partial charge in [0.2, 0.25) is 5.88 Å². The molecule has 3 rings (SSSR count). The number of aromatic amines is 1. The minimum absolute atomic E-state index is 0.124. The number of hydrogen-bond acceptors (Lipinski definition) is 4. The maximum atomic E-state index is 13.3. The summed E-state index contributed by atoms with van der Waals surface area (Å²) in [7, 11) is 0. The Kier molecular flexibility index (Phi) is 3.34. The van der Waals surface area contributed by atoms with E-state index in [0.717, 1.165) is 10.6 Å². The van der Waals surface area contributed by atoms with E-state index in [1.54, 1.807) is 0 Å². The average molecular weight is 292 g/mol. The highest BCUT2D eigenvalue weighted by atomic mass is 19.1. The van der Waals surface area contributed by atoms with Gasteiger partial charge in [-0.1, -0.05) is 12.1 Å². The molecule has 1 aliphatic heterocycles. The molecule has 1 unspecified atom stereocenters. The molecule has 2 aromatic rings. The van der Waals surface area contributed by atoms with Crippen molar-refractivity contribution in [1.29, 1.82) is 0 Å². The van der Waals surface area contributed by atoms with E-state index in [9.17, 15) is 19.1 Å². The van der Waals surface area contributed by atoms with E-state index in [1.165, 1.54) is 18.2 Å². The molecular weight excluding hydrogens is 279 g/mol. The summed E-state index contributed by atoms with van der Waals surface area (Å²) in [5.41, 5.74) is -1.37. The molecule has 1 aromatic carbocycles. The van der Waals surface area contributed by atoms with Gasteiger partial charge in [-0.25, -0.2) is 9.18 Å². The second-order valence-corrected chi connectivity index (χ2v) is 4.86. The standard InChI is InChI=1S/C14H13FN2O4/c15-9-3-1-2-8(6-9)11-12(18)16-14(20)17(13(11)19)10-4-5-21-7-10/h1-3,6,10,19H,4-5,7H2,(H,16,18,20). The lowest BCUT2D eigenvalue weighted by atomic mass is 10.1. The molecule has 2 N–H and O–H groups in total. The Labute approximate surface area is 118 Å². The maximum absolute atomic E-state index is 13.3.